The van der Waals surface area contributed by atoms with Crippen molar-refractivity contribution in [3.8, 4) is 0 Å². The lowest BCUT2D eigenvalue weighted by atomic mass is 10.4. The summed E-state index contributed by atoms with van der Waals surface area (Å²) in [5, 5.41) is 7.46. The topological polar surface area (TPSA) is 79.3 Å². The predicted octanol–water partition coefficient (Wildman–Crippen LogP) is 0.182. The van der Waals surface area contributed by atoms with Gasteiger partial charge in [-0.1, -0.05) is 0 Å². The zero-order valence-corrected chi connectivity index (χ0v) is 13.3. The fourth-order valence-electron chi connectivity index (χ4n) is 2.00. The molecule has 1 aliphatic carbocycles. The maximum atomic E-state index is 12.0. The van der Waals surface area contributed by atoms with Gasteiger partial charge in [-0.25, -0.2) is 4.72 Å². The molecular formula is C13H25N5O2S. The van der Waals surface area contributed by atoms with Crippen LogP contribution in [0.3, 0.4) is 0 Å². The third kappa shape index (κ3) is 6.13. The fraction of sp³-hybridized carbons (Fsp3) is 0.769. The van der Waals surface area contributed by atoms with E-state index in [9.17, 15) is 8.42 Å². The molecule has 1 aromatic rings. The van der Waals surface area contributed by atoms with Crippen molar-refractivity contribution in [3.05, 3.63) is 18.5 Å². The van der Waals surface area contributed by atoms with E-state index in [1.165, 1.54) is 17.1 Å². The third-order valence-electron chi connectivity index (χ3n) is 3.48. The summed E-state index contributed by atoms with van der Waals surface area (Å²) in [6.07, 6.45) is 7.65. The Kier molecular flexibility index (Phi) is 6.16. The Balaban J connectivity index is 1.57. The van der Waals surface area contributed by atoms with Crippen LogP contribution in [0.5, 0.6) is 0 Å². The van der Waals surface area contributed by atoms with Gasteiger partial charge in [-0.05, 0) is 38.3 Å². The molecule has 21 heavy (non-hydrogen) atoms. The minimum absolute atomic E-state index is 0.423. The molecule has 1 fully saturated rings. The van der Waals surface area contributed by atoms with Crippen LogP contribution in [0.1, 0.15) is 25.7 Å². The van der Waals surface area contributed by atoms with Gasteiger partial charge >= 0.3 is 0 Å². The number of hydrogen-bond acceptors (Lipinski definition) is 4. The lowest BCUT2D eigenvalue weighted by Crippen LogP contribution is -2.40. The van der Waals surface area contributed by atoms with Crippen molar-refractivity contribution in [2.75, 3.05) is 26.7 Å². The molecule has 7 nitrogen and oxygen atoms in total. The van der Waals surface area contributed by atoms with Crippen LogP contribution in [0.4, 0.5) is 0 Å². The molecule has 0 amide bonds. The van der Waals surface area contributed by atoms with Gasteiger partial charge in [0.05, 0.1) is 0 Å². The Bertz CT molecular complexity index is 499. The minimum atomic E-state index is -3.36. The Morgan fingerprint density at radius 3 is 2.81 bits per heavy atom. The smallest absolute Gasteiger partial charge is 0.279 e. The summed E-state index contributed by atoms with van der Waals surface area (Å²) in [6, 6.07) is 2.53. The largest absolute Gasteiger partial charge is 0.314 e. The molecule has 8 heteroatoms. The van der Waals surface area contributed by atoms with Crippen molar-refractivity contribution in [3.63, 3.8) is 0 Å². The van der Waals surface area contributed by atoms with E-state index >= 15 is 0 Å². The second-order valence-corrected chi connectivity index (χ2v) is 7.29. The van der Waals surface area contributed by atoms with Crippen LogP contribution >= 0.6 is 0 Å². The van der Waals surface area contributed by atoms with Crippen LogP contribution in [-0.2, 0) is 16.8 Å². The summed E-state index contributed by atoms with van der Waals surface area (Å²) in [4.78, 5) is 0. The van der Waals surface area contributed by atoms with E-state index in [1.54, 1.807) is 17.9 Å². The lowest BCUT2D eigenvalue weighted by molar-refractivity contribution is 0.442. The molecule has 0 aliphatic heterocycles. The molecule has 0 spiro atoms. The molecule has 0 radical (unpaired) electrons. The first kappa shape index (κ1) is 16.4. The van der Waals surface area contributed by atoms with E-state index < -0.39 is 10.2 Å². The number of hydrogen-bond donors (Lipinski definition) is 2. The van der Waals surface area contributed by atoms with Gasteiger partial charge in [-0.15, -0.1) is 0 Å². The van der Waals surface area contributed by atoms with E-state index in [1.807, 2.05) is 12.3 Å². The second kappa shape index (κ2) is 7.88. The molecule has 120 valence electrons. The van der Waals surface area contributed by atoms with Crippen molar-refractivity contribution >= 4 is 10.2 Å². The zero-order chi connectivity index (χ0) is 15.1. The summed E-state index contributed by atoms with van der Waals surface area (Å²) < 4.78 is 29.8. The Labute approximate surface area is 126 Å². The van der Waals surface area contributed by atoms with E-state index in [0.29, 0.717) is 25.7 Å². The standard InChI is InChI=1S/C13H25N5O2S/c1-17(10-2-7-14-13-5-6-13)21(19,20)16-9-4-12-18-11-3-8-15-18/h3,8,11,13-14,16H,2,4-7,9-10,12H2,1H3. The van der Waals surface area contributed by atoms with E-state index in [2.05, 4.69) is 15.1 Å². The molecule has 1 heterocycles. The van der Waals surface area contributed by atoms with Crippen molar-refractivity contribution < 1.29 is 8.42 Å². The quantitative estimate of drug-likeness (QED) is 0.571. The molecule has 0 atom stereocenters. The number of rotatable bonds is 11. The molecule has 0 unspecified atom stereocenters. The summed E-state index contributed by atoms with van der Waals surface area (Å²) >= 11 is 0. The highest BCUT2D eigenvalue weighted by Crippen LogP contribution is 2.18. The summed E-state index contributed by atoms with van der Waals surface area (Å²) in [5.41, 5.74) is 0. The lowest BCUT2D eigenvalue weighted by Gasteiger charge is -2.17. The van der Waals surface area contributed by atoms with Gasteiger partial charge < -0.3 is 5.32 Å². The average molecular weight is 315 g/mol. The monoisotopic (exact) mass is 315 g/mol. The summed E-state index contributed by atoms with van der Waals surface area (Å²) in [7, 11) is -1.74. The SMILES string of the molecule is CN(CCCNC1CC1)S(=O)(=O)NCCCn1cccn1. The minimum Gasteiger partial charge on any atom is -0.314 e. The first-order chi connectivity index (χ1) is 10.1. The third-order valence-corrected chi connectivity index (χ3v) is 5.05. The average Bonchev–Trinajstić information content (AvgIpc) is 3.13. The zero-order valence-electron chi connectivity index (χ0n) is 12.5. The first-order valence-electron chi connectivity index (χ1n) is 7.50. The van der Waals surface area contributed by atoms with Crippen molar-refractivity contribution in [2.24, 2.45) is 0 Å². The second-order valence-electron chi connectivity index (χ2n) is 5.43. The highest BCUT2D eigenvalue weighted by molar-refractivity contribution is 7.87. The fourth-order valence-corrected chi connectivity index (χ4v) is 2.99. The number of aromatic nitrogens is 2. The highest BCUT2D eigenvalue weighted by Gasteiger charge is 2.20. The number of aryl methyl sites for hydroxylation is 1. The van der Waals surface area contributed by atoms with Crippen LogP contribution in [0.15, 0.2) is 18.5 Å². The Hall–Kier alpha value is -0.960. The van der Waals surface area contributed by atoms with Crippen molar-refractivity contribution in [2.45, 2.75) is 38.3 Å². The van der Waals surface area contributed by atoms with Crippen LogP contribution in [0.25, 0.3) is 0 Å². The Morgan fingerprint density at radius 1 is 1.33 bits per heavy atom. The maximum absolute atomic E-state index is 12.0. The molecule has 0 saturated heterocycles. The molecule has 0 aromatic carbocycles. The van der Waals surface area contributed by atoms with Gasteiger partial charge in [-0.3, -0.25) is 4.68 Å². The van der Waals surface area contributed by atoms with Gasteiger partial charge in [0.25, 0.3) is 10.2 Å². The van der Waals surface area contributed by atoms with Crippen LogP contribution < -0.4 is 10.0 Å². The van der Waals surface area contributed by atoms with E-state index in [0.717, 1.165) is 19.4 Å². The molecule has 2 N–H and O–H groups in total. The Morgan fingerprint density at radius 2 is 2.14 bits per heavy atom. The summed E-state index contributed by atoms with van der Waals surface area (Å²) in [6.45, 7) is 2.55. The van der Waals surface area contributed by atoms with Crippen LogP contribution in [0.2, 0.25) is 0 Å². The number of nitrogens with one attached hydrogen (secondary N) is 2. The van der Waals surface area contributed by atoms with Gasteiger partial charge in [0.15, 0.2) is 0 Å². The van der Waals surface area contributed by atoms with E-state index in [4.69, 9.17) is 0 Å². The number of nitrogens with zero attached hydrogens (tertiary/aromatic N) is 3. The van der Waals surface area contributed by atoms with Crippen molar-refractivity contribution in [1.82, 2.24) is 24.1 Å². The van der Waals surface area contributed by atoms with Crippen molar-refractivity contribution in [1.29, 1.82) is 0 Å². The van der Waals surface area contributed by atoms with E-state index in [-0.39, 0.29) is 0 Å². The molecule has 1 saturated carbocycles. The van der Waals surface area contributed by atoms with Gasteiger partial charge in [-0.2, -0.15) is 17.8 Å². The van der Waals surface area contributed by atoms with Crippen LogP contribution in [-0.4, -0.2) is 55.2 Å². The predicted molar refractivity (Wildman–Crippen MR) is 82.0 cm³/mol. The van der Waals surface area contributed by atoms with Gasteiger partial charge in [0.1, 0.15) is 0 Å². The highest BCUT2D eigenvalue weighted by atomic mass is 32.2. The first-order valence-corrected chi connectivity index (χ1v) is 8.94. The summed E-state index contributed by atoms with van der Waals surface area (Å²) in [5.74, 6) is 0. The van der Waals surface area contributed by atoms with Gasteiger partial charge in [0, 0.05) is 45.1 Å². The molecule has 2 rings (SSSR count). The van der Waals surface area contributed by atoms with Crippen LogP contribution in [0, 0.1) is 0 Å². The normalized spacial score (nSPS) is 15.7. The molecular weight excluding hydrogens is 290 g/mol. The maximum Gasteiger partial charge on any atom is 0.279 e. The molecule has 1 aromatic heterocycles. The molecule has 1 aliphatic rings. The molecule has 0 bridgehead atoms. The van der Waals surface area contributed by atoms with Gasteiger partial charge in [0.2, 0.25) is 0 Å².